The van der Waals surface area contributed by atoms with Crippen LogP contribution in [-0.2, 0) is 17.6 Å². The third-order valence-corrected chi connectivity index (χ3v) is 5.24. The van der Waals surface area contributed by atoms with Gasteiger partial charge >= 0.3 is 0 Å². The minimum absolute atomic E-state index is 0.0141. The Kier molecular flexibility index (Phi) is 6.12. The fourth-order valence-electron chi connectivity index (χ4n) is 3.04. The Morgan fingerprint density at radius 1 is 1.27 bits per heavy atom. The highest BCUT2D eigenvalue weighted by atomic mass is 79.9. The summed E-state index contributed by atoms with van der Waals surface area (Å²) in [6, 6.07) is 6.44. The predicted octanol–water partition coefficient (Wildman–Crippen LogP) is 4.84. The van der Waals surface area contributed by atoms with E-state index in [-0.39, 0.29) is 5.91 Å². The number of aryl methyl sites for hydroxylation is 3. The molecule has 26 heavy (non-hydrogen) atoms. The number of benzene rings is 1. The molecule has 0 saturated heterocycles. The van der Waals surface area contributed by atoms with Gasteiger partial charge in [-0.05, 0) is 49.8 Å². The maximum atomic E-state index is 12.4. The van der Waals surface area contributed by atoms with E-state index >= 15 is 0 Å². The summed E-state index contributed by atoms with van der Waals surface area (Å²) in [5.74, 6) is 2.70. The van der Waals surface area contributed by atoms with Gasteiger partial charge in [-0.3, -0.25) is 4.79 Å². The standard InChI is InChI=1S/C20H27BrN4O/c1-13(2)4-9-18-23-24-19(25(18)16-7-8-16)10-11-20(26)22-17-12-15(21)6-5-14(17)3/h5-6,12-13,16H,4,7-11H2,1-3H3,(H,22,26). The molecular weight excluding hydrogens is 392 g/mol. The fourth-order valence-corrected chi connectivity index (χ4v) is 3.40. The van der Waals surface area contributed by atoms with Crippen LogP contribution in [-0.4, -0.2) is 20.7 Å². The van der Waals surface area contributed by atoms with Crippen LogP contribution in [0.2, 0.25) is 0 Å². The Bertz CT molecular complexity index is 780. The molecule has 3 rings (SSSR count). The van der Waals surface area contributed by atoms with Gasteiger partial charge in [0.1, 0.15) is 11.6 Å². The second-order valence-electron chi connectivity index (χ2n) is 7.57. The van der Waals surface area contributed by atoms with Gasteiger partial charge < -0.3 is 9.88 Å². The van der Waals surface area contributed by atoms with Gasteiger partial charge in [-0.2, -0.15) is 0 Å². The van der Waals surface area contributed by atoms with Crippen molar-refractivity contribution >= 4 is 27.5 Å². The summed E-state index contributed by atoms with van der Waals surface area (Å²) in [5.41, 5.74) is 1.91. The molecule has 1 aliphatic rings. The normalized spacial score (nSPS) is 14.0. The third kappa shape index (κ3) is 4.93. The molecular formula is C20H27BrN4O. The van der Waals surface area contributed by atoms with Crippen molar-refractivity contribution in [2.75, 3.05) is 5.32 Å². The molecule has 5 nitrogen and oxygen atoms in total. The van der Waals surface area contributed by atoms with Gasteiger partial charge in [0.05, 0.1) is 0 Å². The monoisotopic (exact) mass is 418 g/mol. The number of rotatable bonds is 8. The molecule has 1 aromatic heterocycles. The molecule has 0 atom stereocenters. The first-order valence-corrected chi connectivity index (χ1v) is 10.2. The largest absolute Gasteiger partial charge is 0.326 e. The average molecular weight is 419 g/mol. The maximum Gasteiger partial charge on any atom is 0.224 e. The first-order valence-electron chi connectivity index (χ1n) is 9.42. The average Bonchev–Trinajstić information content (AvgIpc) is 3.34. The molecule has 1 N–H and O–H groups in total. The van der Waals surface area contributed by atoms with E-state index in [0.29, 0.717) is 24.8 Å². The van der Waals surface area contributed by atoms with E-state index < -0.39 is 0 Å². The lowest BCUT2D eigenvalue weighted by molar-refractivity contribution is -0.116. The van der Waals surface area contributed by atoms with Crippen molar-refractivity contribution < 1.29 is 4.79 Å². The number of amides is 1. The first kappa shape index (κ1) is 19.1. The molecule has 0 bridgehead atoms. The van der Waals surface area contributed by atoms with E-state index in [9.17, 15) is 4.79 Å². The van der Waals surface area contributed by atoms with Gasteiger partial charge in [-0.25, -0.2) is 0 Å². The van der Waals surface area contributed by atoms with Crippen LogP contribution in [0.5, 0.6) is 0 Å². The van der Waals surface area contributed by atoms with E-state index in [0.717, 1.165) is 40.2 Å². The summed E-state index contributed by atoms with van der Waals surface area (Å²) in [6.07, 6.45) is 5.52. The predicted molar refractivity (Wildman–Crippen MR) is 107 cm³/mol. The number of nitrogens with zero attached hydrogens (tertiary/aromatic N) is 3. The molecule has 140 valence electrons. The minimum Gasteiger partial charge on any atom is -0.326 e. The van der Waals surface area contributed by atoms with Crippen molar-refractivity contribution in [3.8, 4) is 0 Å². The molecule has 1 saturated carbocycles. The van der Waals surface area contributed by atoms with Crippen LogP contribution in [0, 0.1) is 12.8 Å². The number of carbonyl (C=O) groups is 1. The summed E-state index contributed by atoms with van der Waals surface area (Å²) in [4.78, 5) is 12.4. The molecule has 0 aliphatic heterocycles. The quantitative estimate of drug-likeness (QED) is 0.666. The highest BCUT2D eigenvalue weighted by Crippen LogP contribution is 2.37. The van der Waals surface area contributed by atoms with E-state index in [1.54, 1.807) is 0 Å². The summed E-state index contributed by atoms with van der Waals surface area (Å²) in [6.45, 7) is 6.45. The van der Waals surface area contributed by atoms with Crippen molar-refractivity contribution in [1.82, 2.24) is 14.8 Å². The molecule has 6 heteroatoms. The number of nitrogens with one attached hydrogen (secondary N) is 1. The zero-order valence-electron chi connectivity index (χ0n) is 15.8. The molecule has 0 radical (unpaired) electrons. The topological polar surface area (TPSA) is 59.8 Å². The summed E-state index contributed by atoms with van der Waals surface area (Å²) in [7, 11) is 0. The van der Waals surface area contributed by atoms with Crippen LogP contribution in [0.1, 0.15) is 62.8 Å². The Balaban J connectivity index is 1.62. The highest BCUT2D eigenvalue weighted by molar-refractivity contribution is 9.10. The van der Waals surface area contributed by atoms with Gasteiger partial charge in [0, 0.05) is 35.5 Å². The molecule has 1 amide bonds. The summed E-state index contributed by atoms with van der Waals surface area (Å²) in [5, 5.41) is 11.8. The van der Waals surface area contributed by atoms with Gasteiger partial charge in [0.2, 0.25) is 5.91 Å². The molecule has 0 unspecified atom stereocenters. The summed E-state index contributed by atoms with van der Waals surface area (Å²) < 4.78 is 3.25. The van der Waals surface area contributed by atoms with Crippen molar-refractivity contribution in [2.24, 2.45) is 5.92 Å². The number of anilines is 1. The van der Waals surface area contributed by atoms with Crippen molar-refractivity contribution in [1.29, 1.82) is 0 Å². The molecule has 1 heterocycles. The van der Waals surface area contributed by atoms with Gasteiger partial charge in [0.15, 0.2) is 0 Å². The Hall–Kier alpha value is -1.69. The minimum atomic E-state index is 0.0141. The SMILES string of the molecule is Cc1ccc(Br)cc1NC(=O)CCc1nnc(CCC(C)C)n1C1CC1. The lowest BCUT2D eigenvalue weighted by Gasteiger charge is -2.11. The van der Waals surface area contributed by atoms with E-state index in [1.165, 1.54) is 12.8 Å². The third-order valence-electron chi connectivity index (χ3n) is 4.74. The van der Waals surface area contributed by atoms with Crippen LogP contribution in [0.15, 0.2) is 22.7 Å². The Labute approximate surface area is 163 Å². The first-order chi connectivity index (χ1) is 12.4. The lowest BCUT2D eigenvalue weighted by Crippen LogP contribution is -2.15. The Morgan fingerprint density at radius 3 is 2.62 bits per heavy atom. The Morgan fingerprint density at radius 2 is 1.96 bits per heavy atom. The zero-order valence-corrected chi connectivity index (χ0v) is 17.3. The van der Waals surface area contributed by atoms with E-state index in [1.807, 2.05) is 25.1 Å². The van der Waals surface area contributed by atoms with Gasteiger partial charge in [-0.1, -0.05) is 35.8 Å². The van der Waals surface area contributed by atoms with E-state index in [4.69, 9.17) is 0 Å². The highest BCUT2D eigenvalue weighted by Gasteiger charge is 2.29. The van der Waals surface area contributed by atoms with Crippen LogP contribution >= 0.6 is 15.9 Å². The number of halogens is 1. The molecule has 1 fully saturated rings. The number of aromatic nitrogens is 3. The second-order valence-corrected chi connectivity index (χ2v) is 8.49. The molecule has 1 aliphatic carbocycles. The number of hydrogen-bond donors (Lipinski definition) is 1. The molecule has 1 aromatic carbocycles. The smallest absolute Gasteiger partial charge is 0.224 e. The van der Waals surface area contributed by atoms with Gasteiger partial charge in [-0.15, -0.1) is 10.2 Å². The van der Waals surface area contributed by atoms with E-state index in [2.05, 4.69) is 49.9 Å². The number of carbonyl (C=O) groups excluding carboxylic acids is 1. The van der Waals surface area contributed by atoms with Crippen molar-refractivity contribution in [3.05, 3.63) is 39.9 Å². The maximum absolute atomic E-state index is 12.4. The fraction of sp³-hybridized carbons (Fsp3) is 0.550. The molecule has 0 spiro atoms. The lowest BCUT2D eigenvalue weighted by atomic mass is 10.1. The van der Waals surface area contributed by atoms with Crippen molar-refractivity contribution in [3.63, 3.8) is 0 Å². The summed E-state index contributed by atoms with van der Waals surface area (Å²) >= 11 is 3.45. The second kappa shape index (κ2) is 8.33. The van der Waals surface area contributed by atoms with Crippen LogP contribution < -0.4 is 5.32 Å². The number of hydrogen-bond acceptors (Lipinski definition) is 3. The van der Waals surface area contributed by atoms with Crippen molar-refractivity contribution in [2.45, 2.75) is 65.3 Å². The van der Waals surface area contributed by atoms with Crippen LogP contribution in [0.4, 0.5) is 5.69 Å². The molecule has 2 aromatic rings. The zero-order chi connectivity index (χ0) is 18.7. The van der Waals surface area contributed by atoms with Gasteiger partial charge in [0.25, 0.3) is 0 Å². The van der Waals surface area contributed by atoms with Crippen LogP contribution in [0.3, 0.4) is 0 Å². The van der Waals surface area contributed by atoms with Crippen LogP contribution in [0.25, 0.3) is 0 Å².